The average molecular weight is 655 g/mol. The number of nitrogens with zero attached hydrogens (tertiary/aromatic N) is 4. The van der Waals surface area contributed by atoms with Crippen molar-refractivity contribution in [3.63, 3.8) is 0 Å². The Morgan fingerprint density at radius 2 is 1.70 bits per heavy atom. The zero-order valence-electron chi connectivity index (χ0n) is 26.4. The van der Waals surface area contributed by atoms with Gasteiger partial charge in [0.05, 0.1) is 34.7 Å². The molecule has 0 amide bonds. The Bertz CT molecular complexity index is 1780. The molecule has 4 rings (SSSR count). The number of aliphatic hydroxyl groups is 1. The number of benzene rings is 2. The van der Waals surface area contributed by atoms with Gasteiger partial charge in [-0.05, 0) is 35.9 Å². The summed E-state index contributed by atoms with van der Waals surface area (Å²) < 4.78 is 21.6. The first kappa shape index (κ1) is 33.8. The van der Waals surface area contributed by atoms with Gasteiger partial charge in [0.2, 0.25) is 0 Å². The Morgan fingerprint density at radius 1 is 1.00 bits per heavy atom. The zero-order valence-corrected chi connectivity index (χ0v) is 29.3. The molecule has 44 heavy (non-hydrogen) atoms. The molecule has 0 radical (unpaired) electrons. The van der Waals surface area contributed by atoms with Crippen LogP contribution in [0.4, 0.5) is 0 Å². The van der Waals surface area contributed by atoms with Crippen LogP contribution >= 0.6 is 11.5 Å². The van der Waals surface area contributed by atoms with Gasteiger partial charge >= 0.3 is 0 Å². The third kappa shape index (κ3) is 8.32. The van der Waals surface area contributed by atoms with E-state index in [1.165, 1.54) is 20.1 Å². The third-order valence-electron chi connectivity index (χ3n) is 7.13. The van der Waals surface area contributed by atoms with E-state index in [4.69, 9.17) is 24.5 Å². The monoisotopic (exact) mass is 654 g/mol. The highest BCUT2D eigenvalue weighted by Crippen LogP contribution is 2.32. The first-order valence-corrected chi connectivity index (χ1v) is 23.0. The van der Waals surface area contributed by atoms with Gasteiger partial charge < -0.3 is 19.3 Å². The van der Waals surface area contributed by atoms with Gasteiger partial charge in [-0.15, -0.1) is 0 Å². The molecule has 10 nitrogen and oxygen atoms in total. The highest BCUT2D eigenvalue weighted by Gasteiger charge is 2.22. The fourth-order valence-corrected chi connectivity index (χ4v) is 7.13. The van der Waals surface area contributed by atoms with Gasteiger partial charge in [-0.1, -0.05) is 62.9 Å². The molecule has 2 aromatic heterocycles. The molecule has 2 aromatic carbocycles. The maximum atomic E-state index is 14.2. The van der Waals surface area contributed by atoms with Crippen LogP contribution in [0.2, 0.25) is 51.4 Å². The van der Waals surface area contributed by atoms with Crippen molar-refractivity contribution in [1.29, 1.82) is 5.26 Å². The van der Waals surface area contributed by atoms with E-state index in [1.807, 2.05) is 0 Å². The van der Waals surface area contributed by atoms with Gasteiger partial charge in [-0.3, -0.25) is 18.1 Å². The van der Waals surface area contributed by atoms with Crippen LogP contribution in [-0.2, 0) is 29.4 Å². The van der Waals surface area contributed by atoms with Gasteiger partial charge in [0.25, 0.3) is 11.1 Å². The smallest absolute Gasteiger partial charge is 0.279 e. The van der Waals surface area contributed by atoms with Crippen molar-refractivity contribution in [2.75, 3.05) is 20.0 Å². The Kier molecular flexibility index (Phi) is 11.0. The van der Waals surface area contributed by atoms with E-state index in [0.29, 0.717) is 51.2 Å². The van der Waals surface area contributed by atoms with Crippen LogP contribution in [0.15, 0.2) is 39.9 Å². The molecule has 0 bridgehead atoms. The molecule has 13 heteroatoms. The van der Waals surface area contributed by atoms with E-state index < -0.39 is 16.1 Å². The topological polar surface area (TPSA) is 129 Å². The first-order valence-electron chi connectivity index (χ1n) is 14.8. The van der Waals surface area contributed by atoms with Crippen LogP contribution in [-0.4, -0.2) is 54.8 Å². The normalized spacial score (nSPS) is 12.2. The van der Waals surface area contributed by atoms with Crippen LogP contribution in [0.25, 0.3) is 32.4 Å². The van der Waals surface area contributed by atoms with Crippen LogP contribution in [0.5, 0.6) is 5.75 Å². The van der Waals surface area contributed by atoms with Crippen molar-refractivity contribution in [2.45, 2.75) is 77.7 Å². The van der Waals surface area contributed by atoms with E-state index in [0.717, 1.165) is 12.1 Å². The molecule has 0 atom stereocenters. The summed E-state index contributed by atoms with van der Waals surface area (Å²) in [6, 6.07) is 12.7. The second kappa shape index (κ2) is 14.3. The molecule has 1 N–H and O–H groups in total. The molecule has 4 aromatic rings. The Labute approximate surface area is 263 Å². The van der Waals surface area contributed by atoms with Crippen molar-refractivity contribution in [2.24, 2.45) is 0 Å². The molecule has 2 heterocycles. The lowest BCUT2D eigenvalue weighted by molar-refractivity contribution is 0.0227. The number of fused-ring (bicyclic) bond motifs is 2. The highest BCUT2D eigenvalue weighted by molar-refractivity contribution is 7.14. The molecule has 0 unspecified atom stereocenters. The van der Waals surface area contributed by atoms with Crippen molar-refractivity contribution >= 4 is 48.8 Å². The number of aryl methyl sites for hydroxylation is 1. The summed E-state index contributed by atoms with van der Waals surface area (Å²) in [6.07, 6.45) is 0.200. The van der Waals surface area contributed by atoms with Gasteiger partial charge in [0, 0.05) is 41.5 Å². The minimum Gasteiger partial charge on any atom is -0.465 e. The van der Waals surface area contributed by atoms with Gasteiger partial charge in [0.1, 0.15) is 17.9 Å². The second-order valence-corrected chi connectivity index (χ2v) is 25.5. The van der Waals surface area contributed by atoms with Gasteiger partial charge in [-0.25, -0.2) is 4.98 Å². The maximum absolute atomic E-state index is 14.2. The zero-order chi connectivity index (χ0) is 32.1. The fraction of sp³-hybridized carbons (Fsp3) is 0.484. The lowest BCUT2D eigenvalue weighted by Crippen LogP contribution is -2.27. The predicted molar refractivity (Wildman–Crippen MR) is 181 cm³/mol. The highest BCUT2D eigenvalue weighted by atomic mass is 32.1. The van der Waals surface area contributed by atoms with Crippen molar-refractivity contribution in [3.8, 4) is 23.1 Å². The Balaban J connectivity index is 1.85. The average Bonchev–Trinajstić information content (AvgIpc) is 3.28. The van der Waals surface area contributed by atoms with Crippen LogP contribution < -0.4 is 15.9 Å². The summed E-state index contributed by atoms with van der Waals surface area (Å²) in [5, 5.41) is 19.6. The third-order valence-corrected chi connectivity index (χ3v) is 11.7. The van der Waals surface area contributed by atoms with Crippen molar-refractivity contribution < 1.29 is 19.3 Å². The lowest BCUT2D eigenvalue weighted by atomic mass is 10.1. The number of aliphatic hydroxyl groups excluding tert-OH is 1. The van der Waals surface area contributed by atoms with E-state index in [2.05, 4.69) is 45.4 Å². The first-order chi connectivity index (χ1) is 20.8. The van der Waals surface area contributed by atoms with Crippen LogP contribution in [0, 0.1) is 11.3 Å². The SMILES string of the molecule is C[Si](C)(C)CCOCOc1cc(CO)cc2c1nc(-c1cccc3c(=O)n(CCC#N)sc13)c(=O)n2COCC[Si](C)(C)C. The number of ether oxygens (including phenoxy) is 3. The van der Waals surface area contributed by atoms with E-state index >= 15 is 0 Å². The molecule has 0 aliphatic rings. The molecule has 0 aliphatic carbocycles. The van der Waals surface area contributed by atoms with E-state index in [9.17, 15) is 14.7 Å². The number of nitriles is 1. The summed E-state index contributed by atoms with van der Waals surface area (Å²) in [4.78, 5) is 32.1. The van der Waals surface area contributed by atoms with Gasteiger partial charge in [0.15, 0.2) is 12.5 Å². The standard InChI is InChI=1S/C31H42N4O6SSi2/c1-43(2,3)15-13-39-20-34-25-17-22(19-36)18-26(41-21-40-14-16-44(4,5)6)28(25)33-27(31(34)38)23-9-7-10-24-29(23)42-35(30(24)37)12-8-11-32/h7,9-10,17-18,36H,8,12-16,19-21H2,1-6H3. The number of aromatic nitrogens is 3. The molecule has 0 spiro atoms. The summed E-state index contributed by atoms with van der Waals surface area (Å²) in [5.74, 6) is 0.378. The summed E-state index contributed by atoms with van der Waals surface area (Å²) in [6.45, 7) is 14.7. The number of hydrogen-bond donors (Lipinski definition) is 1. The fourth-order valence-electron chi connectivity index (χ4n) is 4.52. The minimum absolute atomic E-state index is 0.00372. The number of hydrogen-bond acceptors (Lipinski definition) is 9. The predicted octanol–water partition coefficient (Wildman–Crippen LogP) is 5.85. The molecule has 236 valence electrons. The number of rotatable bonds is 15. The molecule has 0 aliphatic heterocycles. The maximum Gasteiger partial charge on any atom is 0.279 e. The summed E-state index contributed by atoms with van der Waals surface area (Å²) >= 11 is 1.22. The van der Waals surface area contributed by atoms with Crippen molar-refractivity contribution in [3.05, 3.63) is 56.6 Å². The molecular formula is C31H42N4O6SSi2. The summed E-state index contributed by atoms with van der Waals surface area (Å²) in [5.41, 5.74) is 1.56. The summed E-state index contributed by atoms with van der Waals surface area (Å²) in [7, 11) is -2.65. The van der Waals surface area contributed by atoms with Gasteiger partial charge in [-0.2, -0.15) is 5.26 Å². The minimum atomic E-state index is -1.37. The second-order valence-electron chi connectivity index (χ2n) is 13.2. The Hall–Kier alpha value is -3.13. The quantitative estimate of drug-likeness (QED) is 0.0961. The van der Waals surface area contributed by atoms with Crippen LogP contribution in [0.1, 0.15) is 12.0 Å². The van der Waals surface area contributed by atoms with E-state index in [1.54, 1.807) is 30.3 Å². The molecule has 0 saturated carbocycles. The van der Waals surface area contributed by atoms with Crippen molar-refractivity contribution in [1.82, 2.24) is 13.5 Å². The lowest BCUT2D eigenvalue weighted by Gasteiger charge is -2.19. The molecule has 0 fully saturated rings. The largest absolute Gasteiger partial charge is 0.465 e. The Morgan fingerprint density at radius 3 is 2.36 bits per heavy atom. The van der Waals surface area contributed by atoms with E-state index in [-0.39, 0.29) is 49.9 Å². The van der Waals surface area contributed by atoms with Crippen LogP contribution in [0.3, 0.4) is 0 Å². The molecule has 0 saturated heterocycles. The molecular weight excluding hydrogens is 613 g/mol.